The summed E-state index contributed by atoms with van der Waals surface area (Å²) in [5.41, 5.74) is 1.88. The molecule has 1 atom stereocenters. The van der Waals surface area contributed by atoms with Crippen LogP contribution in [0, 0.1) is 12.8 Å². The molecular weight excluding hydrogens is 605 g/mol. The molecule has 0 saturated carbocycles. The molecule has 13 heteroatoms. The molecule has 0 aromatic heterocycles. The minimum absolute atomic E-state index is 0.0112. The smallest absolute Gasteiger partial charge is 0.261 e. The molecule has 1 aliphatic heterocycles. The van der Waals surface area contributed by atoms with Crippen molar-refractivity contribution in [2.75, 3.05) is 23.1 Å². The summed E-state index contributed by atoms with van der Waals surface area (Å²) in [6, 6.07) is 15.3. The summed E-state index contributed by atoms with van der Waals surface area (Å²) in [6.45, 7) is 2.08. The van der Waals surface area contributed by atoms with Crippen LogP contribution in [0.3, 0.4) is 0 Å². The molecule has 0 bridgehead atoms. The van der Waals surface area contributed by atoms with Gasteiger partial charge in [0, 0.05) is 23.8 Å². The van der Waals surface area contributed by atoms with Crippen molar-refractivity contribution in [2.24, 2.45) is 5.92 Å². The van der Waals surface area contributed by atoms with Gasteiger partial charge in [0.05, 0.1) is 32.3 Å². The molecule has 0 unspecified atom stereocenters. The summed E-state index contributed by atoms with van der Waals surface area (Å²) in [7, 11) is -7.57. The number of sulfonamides is 2. The highest BCUT2D eigenvalue weighted by Crippen LogP contribution is 2.28. The van der Waals surface area contributed by atoms with Crippen LogP contribution in [0.1, 0.15) is 24.0 Å². The lowest BCUT2D eigenvalue weighted by Gasteiger charge is -2.31. The largest absolute Gasteiger partial charge is 0.326 e. The third-order valence-electron chi connectivity index (χ3n) is 6.43. The summed E-state index contributed by atoms with van der Waals surface area (Å²) in [4.78, 5) is 13.0. The first-order chi connectivity index (χ1) is 18.4. The van der Waals surface area contributed by atoms with Crippen LogP contribution in [-0.2, 0) is 30.6 Å². The highest BCUT2D eigenvalue weighted by molar-refractivity contribution is 7.92. The zero-order chi connectivity index (χ0) is 28.4. The van der Waals surface area contributed by atoms with E-state index in [-0.39, 0.29) is 28.1 Å². The highest BCUT2D eigenvalue weighted by Gasteiger charge is 2.32. The highest BCUT2D eigenvalue weighted by atomic mass is 35.5. The lowest BCUT2D eigenvalue weighted by Crippen LogP contribution is -2.44. The SMILES string of the molecule is Cc1c(Cl)cccc1NS(=O)(=O)c1ccc(NC(=O)[C@H]2CCCN(S(=O)(=O)Cc3ccc(Cl)c(Cl)c3)C2)cc1. The zero-order valence-electron chi connectivity index (χ0n) is 20.8. The Morgan fingerprint density at radius 1 is 0.949 bits per heavy atom. The van der Waals surface area contributed by atoms with Crippen molar-refractivity contribution in [2.45, 2.75) is 30.4 Å². The molecule has 4 rings (SSSR count). The second kappa shape index (κ2) is 12.0. The maximum atomic E-state index is 13.0. The lowest BCUT2D eigenvalue weighted by atomic mass is 9.99. The van der Waals surface area contributed by atoms with Gasteiger partial charge in [0.15, 0.2) is 0 Å². The minimum atomic E-state index is -3.88. The van der Waals surface area contributed by atoms with Crippen LogP contribution in [-0.4, -0.2) is 40.1 Å². The molecule has 3 aromatic carbocycles. The van der Waals surface area contributed by atoms with Crippen molar-refractivity contribution >= 4 is 72.1 Å². The van der Waals surface area contributed by atoms with Crippen LogP contribution in [0.15, 0.2) is 65.6 Å². The third kappa shape index (κ3) is 7.25. The number of rotatable bonds is 8. The average molecular weight is 631 g/mol. The van der Waals surface area contributed by atoms with Gasteiger partial charge in [0.1, 0.15) is 0 Å². The Morgan fingerprint density at radius 3 is 2.36 bits per heavy atom. The number of hydrogen-bond donors (Lipinski definition) is 2. The number of carbonyl (C=O) groups excluding carboxylic acids is 1. The molecule has 39 heavy (non-hydrogen) atoms. The molecule has 0 radical (unpaired) electrons. The molecular formula is C26H26Cl3N3O5S2. The second-order valence-electron chi connectivity index (χ2n) is 9.23. The summed E-state index contributed by atoms with van der Waals surface area (Å²) < 4.78 is 55.5. The first-order valence-electron chi connectivity index (χ1n) is 12.0. The van der Waals surface area contributed by atoms with Crippen molar-refractivity contribution in [3.05, 3.63) is 86.9 Å². The van der Waals surface area contributed by atoms with Crippen molar-refractivity contribution in [3.8, 4) is 0 Å². The van der Waals surface area contributed by atoms with Crippen LogP contribution in [0.2, 0.25) is 15.1 Å². The Labute approximate surface area is 243 Å². The van der Waals surface area contributed by atoms with Crippen molar-refractivity contribution in [3.63, 3.8) is 0 Å². The Bertz CT molecular complexity index is 1600. The summed E-state index contributed by atoms with van der Waals surface area (Å²) in [5.74, 6) is -1.15. The van der Waals surface area contributed by atoms with Gasteiger partial charge in [0.2, 0.25) is 15.9 Å². The van der Waals surface area contributed by atoms with Crippen LogP contribution >= 0.6 is 34.8 Å². The molecule has 1 aliphatic rings. The molecule has 1 amide bonds. The predicted octanol–water partition coefficient (Wildman–Crippen LogP) is 5.94. The number of hydrogen-bond acceptors (Lipinski definition) is 5. The number of piperidine rings is 1. The molecule has 0 spiro atoms. The van der Waals surface area contributed by atoms with E-state index in [0.29, 0.717) is 51.9 Å². The molecule has 208 valence electrons. The summed E-state index contributed by atoms with van der Waals surface area (Å²) in [5, 5.41) is 3.82. The standard InChI is InChI=1S/C26H26Cl3N3O5S2/c1-17-22(27)5-2-6-25(17)31-39(36,37)21-10-8-20(9-11-21)30-26(33)19-4-3-13-32(15-19)38(34,35)16-18-7-12-23(28)24(29)14-18/h2,5-12,14,19,31H,3-4,13,15-16H2,1H3,(H,30,33)/t19-/m0/s1. The zero-order valence-corrected chi connectivity index (χ0v) is 24.7. The van der Waals surface area contributed by atoms with Crippen molar-refractivity contribution < 1.29 is 21.6 Å². The molecule has 1 fully saturated rings. The van der Waals surface area contributed by atoms with E-state index in [1.54, 1.807) is 37.3 Å². The number of nitrogens with one attached hydrogen (secondary N) is 2. The predicted molar refractivity (Wildman–Crippen MR) is 155 cm³/mol. The number of benzene rings is 3. The van der Waals surface area contributed by atoms with Gasteiger partial charge in [-0.05, 0) is 79.4 Å². The fourth-order valence-corrected chi connectivity index (χ4v) is 7.44. The van der Waals surface area contributed by atoms with Gasteiger partial charge in [-0.3, -0.25) is 9.52 Å². The third-order valence-corrected chi connectivity index (χ3v) is 10.8. The number of anilines is 2. The van der Waals surface area contributed by atoms with Gasteiger partial charge in [0.25, 0.3) is 10.0 Å². The van der Waals surface area contributed by atoms with Gasteiger partial charge >= 0.3 is 0 Å². The van der Waals surface area contributed by atoms with E-state index >= 15 is 0 Å². The topological polar surface area (TPSA) is 113 Å². The van der Waals surface area contributed by atoms with Gasteiger partial charge in [-0.15, -0.1) is 0 Å². The minimum Gasteiger partial charge on any atom is -0.326 e. The summed E-state index contributed by atoms with van der Waals surface area (Å²) in [6.07, 6.45) is 1.06. The normalized spacial score (nSPS) is 16.6. The van der Waals surface area contributed by atoms with E-state index in [9.17, 15) is 21.6 Å². The maximum absolute atomic E-state index is 13.0. The Hall–Kier alpha value is -2.34. The van der Waals surface area contributed by atoms with Crippen LogP contribution < -0.4 is 10.0 Å². The van der Waals surface area contributed by atoms with E-state index in [2.05, 4.69) is 10.0 Å². The molecule has 1 saturated heterocycles. The van der Waals surface area contributed by atoms with Crippen LogP contribution in [0.4, 0.5) is 11.4 Å². The quantitative estimate of drug-likeness (QED) is 0.320. The van der Waals surface area contributed by atoms with Gasteiger partial charge in [-0.1, -0.05) is 46.9 Å². The average Bonchev–Trinajstić information content (AvgIpc) is 2.89. The Balaban J connectivity index is 1.39. The fourth-order valence-electron chi connectivity index (χ4n) is 4.22. The number of carbonyl (C=O) groups is 1. The van der Waals surface area contributed by atoms with Gasteiger partial charge < -0.3 is 5.32 Å². The number of nitrogens with zero attached hydrogens (tertiary/aromatic N) is 1. The van der Waals surface area contributed by atoms with Crippen molar-refractivity contribution in [1.29, 1.82) is 0 Å². The lowest BCUT2D eigenvalue weighted by molar-refractivity contribution is -0.120. The fraction of sp³-hybridized carbons (Fsp3) is 0.269. The second-order valence-corrected chi connectivity index (χ2v) is 14.1. The van der Waals surface area contributed by atoms with E-state index < -0.39 is 26.0 Å². The van der Waals surface area contributed by atoms with Gasteiger partial charge in [-0.2, -0.15) is 0 Å². The molecule has 3 aromatic rings. The van der Waals surface area contributed by atoms with E-state index in [1.807, 2.05) is 0 Å². The number of amides is 1. The van der Waals surface area contributed by atoms with E-state index in [4.69, 9.17) is 34.8 Å². The Kier molecular flexibility index (Phi) is 9.15. The number of halogens is 3. The molecule has 8 nitrogen and oxygen atoms in total. The first-order valence-corrected chi connectivity index (χ1v) is 16.2. The van der Waals surface area contributed by atoms with Crippen LogP contribution in [0.5, 0.6) is 0 Å². The summed E-state index contributed by atoms with van der Waals surface area (Å²) >= 11 is 18.0. The van der Waals surface area contributed by atoms with Crippen molar-refractivity contribution in [1.82, 2.24) is 4.31 Å². The molecule has 1 heterocycles. The van der Waals surface area contributed by atoms with E-state index in [0.717, 1.165) is 0 Å². The van der Waals surface area contributed by atoms with Crippen LogP contribution in [0.25, 0.3) is 0 Å². The van der Waals surface area contributed by atoms with Gasteiger partial charge in [-0.25, -0.2) is 21.1 Å². The van der Waals surface area contributed by atoms with E-state index in [1.165, 1.54) is 34.6 Å². The maximum Gasteiger partial charge on any atom is 0.261 e. The monoisotopic (exact) mass is 629 g/mol. The molecule has 2 N–H and O–H groups in total. The first kappa shape index (κ1) is 29.6. The Morgan fingerprint density at radius 2 is 1.67 bits per heavy atom. The molecule has 0 aliphatic carbocycles.